The van der Waals surface area contributed by atoms with Crippen molar-refractivity contribution in [3.05, 3.63) is 0 Å². The van der Waals surface area contributed by atoms with Crippen LogP contribution in [0.1, 0.15) is 51.4 Å². The Labute approximate surface area is 160 Å². The lowest BCUT2D eigenvalue weighted by molar-refractivity contribution is -0.137. The van der Waals surface area contributed by atoms with Gasteiger partial charge in [0.2, 0.25) is 0 Å². The summed E-state index contributed by atoms with van der Waals surface area (Å²) in [5, 5.41) is 20.6. The van der Waals surface area contributed by atoms with E-state index in [4.69, 9.17) is 11.6 Å². The number of methoxy groups -OCH3 is 1. The SMILES string of the molecule is COC(=O)CSCCCC[C@@H]1[C@@H](C#CC2(O)CCCC2)[C@H](O)C[C@H]1Cl. The normalized spacial score (nSPS) is 30.7. The fourth-order valence-corrected chi connectivity index (χ4v) is 5.03. The van der Waals surface area contributed by atoms with E-state index < -0.39 is 11.7 Å². The van der Waals surface area contributed by atoms with Gasteiger partial charge in [0.15, 0.2) is 0 Å². The van der Waals surface area contributed by atoms with Gasteiger partial charge in [0.1, 0.15) is 5.60 Å². The summed E-state index contributed by atoms with van der Waals surface area (Å²) >= 11 is 8.02. The van der Waals surface area contributed by atoms with Gasteiger partial charge in [-0.25, -0.2) is 0 Å². The van der Waals surface area contributed by atoms with Crippen molar-refractivity contribution in [1.82, 2.24) is 0 Å². The standard InChI is InChI=1S/C19H29ClO4S/c1-24-18(22)13-25-11-5-2-6-14-15(17(21)12-16(14)20)7-10-19(23)8-3-4-9-19/h14-17,21,23H,2-6,8-9,11-13H2,1H3/t14-,15-,16-,17-/m1/s1. The molecule has 0 heterocycles. The Balaban J connectivity index is 1.79. The first-order valence-electron chi connectivity index (χ1n) is 9.17. The molecule has 4 atom stereocenters. The smallest absolute Gasteiger partial charge is 0.315 e. The van der Waals surface area contributed by atoms with E-state index in [0.29, 0.717) is 12.2 Å². The Morgan fingerprint density at radius 3 is 2.76 bits per heavy atom. The van der Waals surface area contributed by atoms with E-state index in [1.807, 2.05) is 0 Å². The van der Waals surface area contributed by atoms with Gasteiger partial charge in [-0.2, -0.15) is 11.8 Å². The number of alkyl halides is 1. The Hall–Kier alpha value is -0.410. The second-order valence-corrected chi connectivity index (χ2v) is 8.81. The molecule has 0 aliphatic heterocycles. The highest BCUT2D eigenvalue weighted by atomic mass is 35.5. The molecule has 2 rings (SSSR count). The largest absolute Gasteiger partial charge is 0.468 e. The Bertz CT molecular complexity index is 495. The summed E-state index contributed by atoms with van der Waals surface area (Å²) in [6, 6.07) is 0. The maximum Gasteiger partial charge on any atom is 0.315 e. The van der Waals surface area contributed by atoms with Crippen LogP contribution in [0.5, 0.6) is 0 Å². The first-order chi connectivity index (χ1) is 11.9. The Kier molecular flexibility index (Phi) is 8.41. The van der Waals surface area contributed by atoms with Crippen molar-refractivity contribution in [2.75, 3.05) is 18.6 Å². The molecule has 25 heavy (non-hydrogen) atoms. The average molecular weight is 389 g/mol. The Morgan fingerprint density at radius 2 is 2.08 bits per heavy atom. The van der Waals surface area contributed by atoms with Crippen molar-refractivity contribution in [2.24, 2.45) is 11.8 Å². The van der Waals surface area contributed by atoms with Crippen molar-refractivity contribution in [1.29, 1.82) is 0 Å². The predicted molar refractivity (Wildman–Crippen MR) is 102 cm³/mol. The van der Waals surface area contributed by atoms with Gasteiger partial charge in [-0.05, 0) is 56.6 Å². The zero-order chi connectivity index (χ0) is 18.3. The number of aliphatic hydroxyl groups is 2. The van der Waals surface area contributed by atoms with Crippen LogP contribution in [0, 0.1) is 23.7 Å². The summed E-state index contributed by atoms with van der Waals surface area (Å²) in [7, 11) is 1.40. The minimum atomic E-state index is -0.862. The van der Waals surface area contributed by atoms with Crippen molar-refractivity contribution >= 4 is 29.3 Å². The van der Waals surface area contributed by atoms with Crippen LogP contribution in [-0.2, 0) is 9.53 Å². The summed E-state index contributed by atoms with van der Waals surface area (Å²) in [4.78, 5) is 11.1. The van der Waals surface area contributed by atoms with E-state index in [1.54, 1.807) is 11.8 Å². The number of esters is 1. The second-order valence-electron chi connectivity index (χ2n) is 7.14. The summed E-state index contributed by atoms with van der Waals surface area (Å²) in [5.74, 6) is 7.35. The molecule has 0 unspecified atom stereocenters. The molecule has 0 amide bonds. The fourth-order valence-electron chi connectivity index (χ4n) is 3.73. The van der Waals surface area contributed by atoms with Gasteiger partial charge in [-0.1, -0.05) is 18.3 Å². The molecule has 0 aromatic heterocycles. The zero-order valence-electron chi connectivity index (χ0n) is 14.9. The molecule has 0 radical (unpaired) electrons. The lowest BCUT2D eigenvalue weighted by Crippen LogP contribution is -2.24. The number of carbonyl (C=O) groups excluding carboxylic acids is 1. The van der Waals surface area contributed by atoms with Crippen LogP contribution in [0.4, 0.5) is 0 Å². The van der Waals surface area contributed by atoms with Crippen molar-refractivity contribution < 1.29 is 19.7 Å². The summed E-state index contributed by atoms with van der Waals surface area (Å²) in [6.45, 7) is 0. The molecule has 4 nitrogen and oxygen atoms in total. The summed E-state index contributed by atoms with van der Waals surface area (Å²) in [6.07, 6.45) is 6.48. The highest BCUT2D eigenvalue weighted by molar-refractivity contribution is 7.99. The van der Waals surface area contributed by atoms with Gasteiger partial charge in [0.05, 0.1) is 24.9 Å². The molecule has 0 bridgehead atoms. The summed E-state index contributed by atoms with van der Waals surface area (Å²) in [5.41, 5.74) is -0.862. The number of aliphatic hydroxyl groups excluding tert-OH is 1. The molecular formula is C19H29ClO4S. The molecular weight excluding hydrogens is 360 g/mol. The van der Waals surface area contributed by atoms with Gasteiger partial charge >= 0.3 is 5.97 Å². The molecule has 0 saturated heterocycles. The molecule has 2 N–H and O–H groups in total. The van der Waals surface area contributed by atoms with E-state index in [2.05, 4.69) is 16.6 Å². The van der Waals surface area contributed by atoms with E-state index >= 15 is 0 Å². The van der Waals surface area contributed by atoms with Crippen LogP contribution < -0.4 is 0 Å². The molecule has 142 valence electrons. The predicted octanol–water partition coefficient (Wildman–Crippen LogP) is 2.98. The van der Waals surface area contributed by atoms with Crippen LogP contribution in [-0.4, -0.2) is 51.9 Å². The van der Waals surface area contributed by atoms with Crippen LogP contribution in [0.3, 0.4) is 0 Å². The van der Waals surface area contributed by atoms with E-state index in [-0.39, 0.29) is 23.2 Å². The number of rotatable bonds is 7. The van der Waals surface area contributed by atoms with Gasteiger partial charge in [0, 0.05) is 5.38 Å². The van der Waals surface area contributed by atoms with Crippen molar-refractivity contribution in [3.63, 3.8) is 0 Å². The monoisotopic (exact) mass is 388 g/mol. The lowest BCUT2D eigenvalue weighted by atomic mass is 9.89. The number of halogens is 1. The lowest BCUT2D eigenvalue weighted by Gasteiger charge is -2.20. The quantitative estimate of drug-likeness (QED) is 0.304. The third kappa shape index (κ3) is 6.36. The number of hydrogen-bond acceptors (Lipinski definition) is 5. The second kappa shape index (κ2) is 10.1. The highest BCUT2D eigenvalue weighted by Crippen LogP contribution is 2.39. The first kappa shape index (κ1) is 20.9. The molecule has 6 heteroatoms. The van der Waals surface area contributed by atoms with Crippen LogP contribution in [0.15, 0.2) is 0 Å². The number of thioether (sulfide) groups is 1. The minimum Gasteiger partial charge on any atom is -0.468 e. The van der Waals surface area contributed by atoms with Gasteiger partial charge in [-0.15, -0.1) is 11.6 Å². The minimum absolute atomic E-state index is 0.0600. The van der Waals surface area contributed by atoms with Gasteiger partial charge in [-0.3, -0.25) is 4.79 Å². The van der Waals surface area contributed by atoms with E-state index in [9.17, 15) is 15.0 Å². The van der Waals surface area contributed by atoms with E-state index in [0.717, 1.165) is 50.7 Å². The molecule has 2 saturated carbocycles. The maximum atomic E-state index is 11.1. The molecule has 0 aromatic rings. The van der Waals surface area contributed by atoms with Gasteiger partial charge in [0.25, 0.3) is 0 Å². The highest BCUT2D eigenvalue weighted by Gasteiger charge is 2.40. The molecule has 2 aliphatic carbocycles. The van der Waals surface area contributed by atoms with Crippen molar-refractivity contribution in [2.45, 2.75) is 68.4 Å². The molecule has 0 spiro atoms. The Morgan fingerprint density at radius 1 is 1.36 bits per heavy atom. The third-order valence-corrected chi connectivity index (χ3v) is 6.75. The van der Waals surface area contributed by atoms with Crippen LogP contribution >= 0.6 is 23.4 Å². The number of carbonyl (C=O) groups is 1. The van der Waals surface area contributed by atoms with Crippen LogP contribution in [0.2, 0.25) is 0 Å². The molecule has 2 aliphatic rings. The van der Waals surface area contributed by atoms with E-state index in [1.165, 1.54) is 7.11 Å². The fraction of sp³-hybridized carbons (Fsp3) is 0.842. The zero-order valence-corrected chi connectivity index (χ0v) is 16.5. The molecule has 2 fully saturated rings. The average Bonchev–Trinajstić information content (AvgIpc) is 3.12. The topological polar surface area (TPSA) is 66.8 Å². The number of ether oxygens (including phenoxy) is 1. The summed E-state index contributed by atoms with van der Waals surface area (Å²) < 4.78 is 4.61. The van der Waals surface area contributed by atoms with Gasteiger partial charge < -0.3 is 14.9 Å². The van der Waals surface area contributed by atoms with Crippen LogP contribution in [0.25, 0.3) is 0 Å². The first-order valence-corrected chi connectivity index (χ1v) is 10.8. The maximum absolute atomic E-state index is 11.1. The third-order valence-electron chi connectivity index (χ3n) is 5.23. The number of unbranched alkanes of at least 4 members (excludes halogenated alkanes) is 1. The van der Waals surface area contributed by atoms with Crippen molar-refractivity contribution in [3.8, 4) is 11.8 Å². The number of hydrogen-bond donors (Lipinski definition) is 2. The molecule has 0 aromatic carbocycles.